The second-order valence-electron chi connectivity index (χ2n) is 7.30. The number of piperidine rings is 1. The maximum atomic E-state index is 6.03. The Morgan fingerprint density at radius 3 is 3.00 bits per heavy atom. The number of imidazole rings is 1. The number of fused-ring (bicyclic) bond motifs is 5. The molecule has 6 rings (SSSR count). The van der Waals surface area contributed by atoms with Crippen LogP contribution in [0.2, 0.25) is 5.02 Å². The van der Waals surface area contributed by atoms with E-state index in [4.69, 9.17) is 16.6 Å². The van der Waals surface area contributed by atoms with Crippen LogP contribution in [0, 0.1) is 0 Å². The van der Waals surface area contributed by atoms with Gasteiger partial charge in [0.1, 0.15) is 11.3 Å². The summed E-state index contributed by atoms with van der Waals surface area (Å²) in [5, 5.41) is 4.33. The molecule has 1 N–H and O–H groups in total. The molecule has 3 aromatic rings. The summed E-state index contributed by atoms with van der Waals surface area (Å²) < 4.78 is 2.21. The van der Waals surface area contributed by atoms with Crippen LogP contribution < -0.4 is 5.32 Å². The molecule has 0 spiro atoms. The standard InChI is InChI=1S/C20H22ClN5/c21-14-4-7-17(23-11-14)20-18(26-10-2-1-3-19(26)24-20)13-25-12-15-5-6-16(25)8-9-22-15/h1-4,7,10-11,15-16,22H,5-6,8-9,12-13H2. The van der Waals surface area contributed by atoms with Crippen molar-refractivity contribution in [3.63, 3.8) is 0 Å². The van der Waals surface area contributed by atoms with Gasteiger partial charge in [0.05, 0.1) is 16.4 Å². The number of halogens is 1. The fraction of sp³-hybridized carbons (Fsp3) is 0.400. The minimum Gasteiger partial charge on any atom is -0.313 e. The molecule has 0 aromatic carbocycles. The van der Waals surface area contributed by atoms with Gasteiger partial charge in [0.2, 0.25) is 0 Å². The molecule has 3 fully saturated rings. The summed E-state index contributed by atoms with van der Waals surface area (Å²) in [7, 11) is 0. The summed E-state index contributed by atoms with van der Waals surface area (Å²) in [5.74, 6) is 0. The zero-order valence-electron chi connectivity index (χ0n) is 14.6. The summed E-state index contributed by atoms with van der Waals surface area (Å²) in [6, 6.07) is 11.3. The Morgan fingerprint density at radius 1 is 1.15 bits per heavy atom. The lowest BCUT2D eigenvalue weighted by atomic mass is 9.98. The van der Waals surface area contributed by atoms with Gasteiger partial charge in [-0.25, -0.2) is 4.98 Å². The molecule has 6 heteroatoms. The number of hydrogen-bond donors (Lipinski definition) is 1. The quantitative estimate of drug-likeness (QED) is 0.770. The Bertz CT molecular complexity index is 916. The molecule has 0 aliphatic carbocycles. The molecule has 6 heterocycles. The number of hydrogen-bond acceptors (Lipinski definition) is 4. The fourth-order valence-corrected chi connectivity index (χ4v) is 4.46. The lowest BCUT2D eigenvalue weighted by Gasteiger charge is -2.36. The van der Waals surface area contributed by atoms with Crippen molar-refractivity contribution in [1.29, 1.82) is 0 Å². The first-order valence-electron chi connectivity index (χ1n) is 9.33. The molecule has 3 saturated heterocycles. The summed E-state index contributed by atoms with van der Waals surface area (Å²) in [6.45, 7) is 3.14. The van der Waals surface area contributed by atoms with Crippen molar-refractivity contribution in [3.8, 4) is 11.4 Å². The Morgan fingerprint density at radius 2 is 2.12 bits per heavy atom. The number of nitrogens with one attached hydrogen (secondary N) is 1. The van der Waals surface area contributed by atoms with E-state index in [1.54, 1.807) is 6.20 Å². The van der Waals surface area contributed by atoms with Gasteiger partial charge < -0.3 is 9.72 Å². The first-order chi connectivity index (χ1) is 12.8. The van der Waals surface area contributed by atoms with Gasteiger partial charge in [-0.05, 0) is 50.1 Å². The molecule has 2 bridgehead atoms. The Balaban J connectivity index is 1.57. The van der Waals surface area contributed by atoms with E-state index in [9.17, 15) is 0 Å². The topological polar surface area (TPSA) is 45.5 Å². The molecule has 2 atom stereocenters. The molecule has 0 amide bonds. The zero-order valence-corrected chi connectivity index (χ0v) is 15.4. The third kappa shape index (κ3) is 2.90. The molecule has 3 aliphatic rings. The van der Waals surface area contributed by atoms with E-state index in [-0.39, 0.29) is 0 Å². The van der Waals surface area contributed by atoms with Crippen molar-refractivity contribution >= 4 is 17.2 Å². The maximum absolute atomic E-state index is 6.03. The Hall–Kier alpha value is -1.95. The second kappa shape index (κ2) is 6.65. The van der Waals surface area contributed by atoms with Gasteiger partial charge in [0.15, 0.2) is 0 Å². The van der Waals surface area contributed by atoms with Gasteiger partial charge in [0.25, 0.3) is 0 Å². The van der Waals surface area contributed by atoms with Gasteiger partial charge in [0, 0.05) is 37.6 Å². The van der Waals surface area contributed by atoms with Crippen molar-refractivity contribution in [1.82, 2.24) is 24.6 Å². The average Bonchev–Trinajstić information content (AvgIpc) is 2.80. The molecule has 3 aromatic heterocycles. The monoisotopic (exact) mass is 367 g/mol. The lowest BCUT2D eigenvalue weighted by molar-refractivity contribution is 0.133. The SMILES string of the molecule is Clc1ccc(-c2nc3ccccn3c2CN2CC3CCC2CCN3)nc1. The number of pyridine rings is 2. The maximum Gasteiger partial charge on any atom is 0.137 e. The van der Waals surface area contributed by atoms with Crippen LogP contribution in [-0.4, -0.2) is 44.4 Å². The normalized spacial score (nSPS) is 23.4. The molecule has 0 radical (unpaired) electrons. The first kappa shape index (κ1) is 16.2. The smallest absolute Gasteiger partial charge is 0.137 e. The third-order valence-corrected chi connectivity index (χ3v) is 5.91. The van der Waals surface area contributed by atoms with Crippen LogP contribution in [0.15, 0.2) is 42.7 Å². The third-order valence-electron chi connectivity index (χ3n) is 5.68. The van der Waals surface area contributed by atoms with Crippen LogP contribution >= 0.6 is 11.6 Å². The highest BCUT2D eigenvalue weighted by molar-refractivity contribution is 6.30. The van der Waals surface area contributed by atoms with Crippen LogP contribution in [0.1, 0.15) is 25.0 Å². The highest BCUT2D eigenvalue weighted by Crippen LogP contribution is 2.29. The van der Waals surface area contributed by atoms with Crippen LogP contribution in [0.5, 0.6) is 0 Å². The highest BCUT2D eigenvalue weighted by Gasteiger charge is 2.32. The second-order valence-corrected chi connectivity index (χ2v) is 7.73. The van der Waals surface area contributed by atoms with E-state index < -0.39 is 0 Å². The van der Waals surface area contributed by atoms with E-state index in [1.165, 1.54) is 25.0 Å². The molecule has 26 heavy (non-hydrogen) atoms. The lowest BCUT2D eigenvalue weighted by Crippen LogP contribution is -2.45. The first-order valence-corrected chi connectivity index (χ1v) is 9.71. The molecule has 2 unspecified atom stereocenters. The van der Waals surface area contributed by atoms with Gasteiger partial charge in [-0.2, -0.15) is 0 Å². The van der Waals surface area contributed by atoms with E-state index in [0.717, 1.165) is 36.7 Å². The average molecular weight is 368 g/mol. The zero-order chi connectivity index (χ0) is 17.5. The minimum absolute atomic E-state index is 0.616. The van der Waals surface area contributed by atoms with E-state index in [2.05, 4.69) is 37.9 Å². The van der Waals surface area contributed by atoms with Crippen molar-refractivity contribution < 1.29 is 0 Å². The summed E-state index contributed by atoms with van der Waals surface area (Å²) >= 11 is 6.03. The van der Waals surface area contributed by atoms with Crippen molar-refractivity contribution in [2.24, 2.45) is 0 Å². The van der Waals surface area contributed by atoms with Crippen LogP contribution in [-0.2, 0) is 6.54 Å². The van der Waals surface area contributed by atoms with Gasteiger partial charge in [-0.15, -0.1) is 0 Å². The molecule has 134 valence electrons. The molecular formula is C20H22ClN5. The minimum atomic E-state index is 0.616. The Kier molecular flexibility index (Phi) is 4.15. The molecule has 3 aliphatic heterocycles. The molecular weight excluding hydrogens is 346 g/mol. The Labute approximate surface area is 158 Å². The van der Waals surface area contributed by atoms with Crippen LogP contribution in [0.3, 0.4) is 0 Å². The van der Waals surface area contributed by atoms with Crippen molar-refractivity contribution in [3.05, 3.63) is 53.4 Å². The summed E-state index contributed by atoms with van der Waals surface area (Å²) in [5.41, 5.74) is 4.02. The molecule has 5 nitrogen and oxygen atoms in total. The highest BCUT2D eigenvalue weighted by atomic mass is 35.5. The van der Waals surface area contributed by atoms with Crippen molar-refractivity contribution in [2.45, 2.75) is 37.9 Å². The van der Waals surface area contributed by atoms with E-state index in [0.29, 0.717) is 17.1 Å². The number of nitrogens with zero attached hydrogens (tertiary/aromatic N) is 4. The van der Waals surface area contributed by atoms with Crippen LogP contribution in [0.25, 0.3) is 17.0 Å². The number of rotatable bonds is 3. The van der Waals surface area contributed by atoms with Gasteiger partial charge >= 0.3 is 0 Å². The van der Waals surface area contributed by atoms with Crippen LogP contribution in [0.4, 0.5) is 0 Å². The summed E-state index contributed by atoms with van der Waals surface area (Å²) in [6.07, 6.45) is 7.60. The van der Waals surface area contributed by atoms with Crippen molar-refractivity contribution in [2.75, 3.05) is 13.1 Å². The number of aromatic nitrogens is 3. The van der Waals surface area contributed by atoms with Gasteiger partial charge in [-0.3, -0.25) is 9.88 Å². The van der Waals surface area contributed by atoms with E-state index in [1.807, 2.05) is 18.2 Å². The predicted octanol–water partition coefficient (Wildman–Crippen LogP) is 3.38. The predicted molar refractivity (Wildman–Crippen MR) is 103 cm³/mol. The fourth-order valence-electron chi connectivity index (χ4n) is 4.35. The molecule has 0 saturated carbocycles. The van der Waals surface area contributed by atoms with Gasteiger partial charge in [-0.1, -0.05) is 17.7 Å². The largest absolute Gasteiger partial charge is 0.313 e. The van der Waals surface area contributed by atoms with E-state index >= 15 is 0 Å². The summed E-state index contributed by atoms with van der Waals surface area (Å²) in [4.78, 5) is 12.0.